The van der Waals surface area contributed by atoms with Gasteiger partial charge in [-0.3, -0.25) is 4.90 Å². The maximum atomic E-state index is 14.4. The fourth-order valence-electron chi connectivity index (χ4n) is 3.51. The van der Waals surface area contributed by atoms with E-state index in [4.69, 9.17) is 9.47 Å². The Morgan fingerprint density at radius 1 is 1.28 bits per heavy atom. The number of piperazine rings is 1. The van der Waals surface area contributed by atoms with Crippen molar-refractivity contribution in [2.75, 3.05) is 51.5 Å². The minimum atomic E-state index is -0.356. The smallest absolute Gasteiger partial charge is 0.169 e. The summed E-state index contributed by atoms with van der Waals surface area (Å²) in [6.07, 6.45) is 3.62. The Kier molecular flexibility index (Phi) is 7.87. The summed E-state index contributed by atoms with van der Waals surface area (Å²) >= 11 is 0. The zero-order valence-electron chi connectivity index (χ0n) is 15.4. The zero-order valence-corrected chi connectivity index (χ0v) is 15.4. The summed E-state index contributed by atoms with van der Waals surface area (Å²) in [5.74, 6) is 0.449. The molecule has 6 nitrogen and oxygen atoms in total. The quantitative estimate of drug-likeness (QED) is 0.787. The van der Waals surface area contributed by atoms with Crippen molar-refractivity contribution in [2.24, 2.45) is 0 Å². The number of pyridine rings is 1. The molecule has 2 fully saturated rings. The van der Waals surface area contributed by atoms with Crippen LogP contribution in [-0.4, -0.2) is 73.6 Å². The lowest BCUT2D eigenvalue weighted by Crippen LogP contribution is -2.53. The molecule has 0 radical (unpaired) electrons. The maximum Gasteiger partial charge on any atom is 0.169 e. The van der Waals surface area contributed by atoms with E-state index < -0.39 is 0 Å². The van der Waals surface area contributed by atoms with E-state index in [9.17, 15) is 9.50 Å². The number of anilines is 1. The lowest BCUT2D eigenvalue weighted by molar-refractivity contribution is 0.119. The minimum absolute atomic E-state index is 0.205. The van der Waals surface area contributed by atoms with Crippen molar-refractivity contribution in [3.63, 3.8) is 0 Å². The number of ether oxygens (including phenoxy) is 2. The van der Waals surface area contributed by atoms with Gasteiger partial charge in [0.2, 0.25) is 0 Å². The first-order valence-electron chi connectivity index (χ1n) is 9.11. The van der Waals surface area contributed by atoms with Gasteiger partial charge in [-0.1, -0.05) is 13.8 Å². The van der Waals surface area contributed by atoms with Gasteiger partial charge >= 0.3 is 0 Å². The topological polar surface area (TPSA) is 58.1 Å². The number of nitrogens with zero attached hydrogens (tertiary/aromatic N) is 3. The Balaban J connectivity index is 0.00000109. The van der Waals surface area contributed by atoms with E-state index in [1.165, 1.54) is 6.07 Å². The molecule has 0 bridgehead atoms. The van der Waals surface area contributed by atoms with Crippen LogP contribution in [0.2, 0.25) is 0 Å². The SMILES string of the molecule is CC.COCCOc1cnc(N2CCN3C(CO)CCC3C2)c(F)c1. The molecule has 3 rings (SSSR count). The summed E-state index contributed by atoms with van der Waals surface area (Å²) in [5.41, 5.74) is 0. The van der Waals surface area contributed by atoms with Crippen molar-refractivity contribution < 1.29 is 19.0 Å². The Labute approximate surface area is 149 Å². The Hall–Kier alpha value is -1.44. The number of hydrogen-bond acceptors (Lipinski definition) is 6. The molecule has 1 N–H and O–H groups in total. The van der Waals surface area contributed by atoms with Gasteiger partial charge in [0.25, 0.3) is 0 Å². The second kappa shape index (κ2) is 9.89. The fourth-order valence-corrected chi connectivity index (χ4v) is 3.51. The van der Waals surface area contributed by atoms with Gasteiger partial charge in [-0.05, 0) is 12.8 Å². The van der Waals surface area contributed by atoms with Gasteiger partial charge in [0.05, 0.1) is 19.4 Å². The normalized spacial score (nSPS) is 23.0. The molecule has 1 aromatic heterocycles. The summed E-state index contributed by atoms with van der Waals surface area (Å²) in [5, 5.41) is 9.40. The van der Waals surface area contributed by atoms with E-state index in [2.05, 4.69) is 9.88 Å². The standard InChI is InChI=1S/C16H24FN3O3.C2H6/c1-22-6-7-23-14-8-15(17)16(18-9-14)19-4-5-20-12(10-19)2-3-13(20)11-21;1-2/h8-9,12-13,21H,2-7,10-11H2,1H3;1-2H3. The number of aromatic nitrogens is 1. The van der Waals surface area contributed by atoms with E-state index in [-0.39, 0.29) is 18.5 Å². The average Bonchev–Trinajstić information content (AvgIpc) is 3.06. The highest BCUT2D eigenvalue weighted by Gasteiger charge is 2.37. The van der Waals surface area contributed by atoms with Crippen molar-refractivity contribution in [1.82, 2.24) is 9.88 Å². The van der Waals surface area contributed by atoms with Gasteiger partial charge in [-0.2, -0.15) is 0 Å². The average molecular weight is 355 g/mol. The first kappa shape index (κ1) is 19.9. The van der Waals surface area contributed by atoms with Crippen molar-refractivity contribution in [1.29, 1.82) is 0 Å². The zero-order chi connectivity index (χ0) is 18.2. The second-order valence-electron chi connectivity index (χ2n) is 6.07. The second-order valence-corrected chi connectivity index (χ2v) is 6.07. The highest BCUT2D eigenvalue weighted by atomic mass is 19.1. The summed E-state index contributed by atoms with van der Waals surface area (Å²) in [6, 6.07) is 2.02. The number of fused-ring (bicyclic) bond motifs is 1. The number of aliphatic hydroxyl groups excluding tert-OH is 1. The van der Waals surface area contributed by atoms with Gasteiger partial charge < -0.3 is 19.5 Å². The van der Waals surface area contributed by atoms with Crippen LogP contribution in [0, 0.1) is 5.82 Å². The van der Waals surface area contributed by atoms with E-state index in [0.717, 1.165) is 32.5 Å². The van der Waals surface area contributed by atoms with E-state index in [0.29, 0.717) is 30.8 Å². The number of methoxy groups -OCH3 is 1. The van der Waals surface area contributed by atoms with Gasteiger partial charge in [0.15, 0.2) is 11.6 Å². The molecular formula is C18H30FN3O3. The molecule has 2 aliphatic rings. The third-order valence-corrected chi connectivity index (χ3v) is 4.69. The predicted octanol–water partition coefficient (Wildman–Crippen LogP) is 1.92. The van der Waals surface area contributed by atoms with E-state index in [1.807, 2.05) is 18.7 Å². The lowest BCUT2D eigenvalue weighted by atomic mass is 10.1. The largest absolute Gasteiger partial charge is 0.489 e. The summed E-state index contributed by atoms with van der Waals surface area (Å²) in [7, 11) is 1.59. The molecule has 0 aromatic carbocycles. The van der Waals surface area contributed by atoms with Crippen LogP contribution >= 0.6 is 0 Å². The number of aliphatic hydroxyl groups is 1. The van der Waals surface area contributed by atoms with Crippen LogP contribution < -0.4 is 9.64 Å². The molecule has 2 aliphatic heterocycles. The van der Waals surface area contributed by atoms with Gasteiger partial charge in [-0.25, -0.2) is 9.37 Å². The first-order chi connectivity index (χ1) is 12.2. The summed E-state index contributed by atoms with van der Waals surface area (Å²) in [6.45, 7) is 7.35. The molecule has 0 saturated carbocycles. The first-order valence-corrected chi connectivity index (χ1v) is 9.11. The third-order valence-electron chi connectivity index (χ3n) is 4.69. The highest BCUT2D eigenvalue weighted by Crippen LogP contribution is 2.30. The molecule has 2 atom stereocenters. The molecule has 0 amide bonds. The monoisotopic (exact) mass is 355 g/mol. The number of hydrogen-bond donors (Lipinski definition) is 1. The molecular weight excluding hydrogens is 325 g/mol. The van der Waals surface area contributed by atoms with Crippen LogP contribution in [0.3, 0.4) is 0 Å². The third kappa shape index (κ3) is 4.80. The predicted molar refractivity (Wildman–Crippen MR) is 95.7 cm³/mol. The molecule has 1 aromatic rings. The Morgan fingerprint density at radius 3 is 2.76 bits per heavy atom. The van der Waals surface area contributed by atoms with Gasteiger partial charge in [-0.15, -0.1) is 0 Å². The molecule has 0 aliphatic carbocycles. The van der Waals surface area contributed by atoms with Crippen LogP contribution in [0.4, 0.5) is 10.2 Å². The van der Waals surface area contributed by atoms with E-state index >= 15 is 0 Å². The highest BCUT2D eigenvalue weighted by molar-refractivity contribution is 5.43. The molecule has 3 heterocycles. The summed E-state index contributed by atoms with van der Waals surface area (Å²) < 4.78 is 24.6. The minimum Gasteiger partial charge on any atom is -0.489 e. The Bertz CT molecular complexity index is 532. The molecule has 25 heavy (non-hydrogen) atoms. The van der Waals surface area contributed by atoms with Crippen LogP contribution in [-0.2, 0) is 4.74 Å². The van der Waals surface area contributed by atoms with Crippen LogP contribution in [0.15, 0.2) is 12.3 Å². The summed E-state index contributed by atoms with van der Waals surface area (Å²) in [4.78, 5) is 8.59. The molecule has 142 valence electrons. The maximum absolute atomic E-state index is 14.4. The number of rotatable bonds is 6. The van der Waals surface area contributed by atoms with Gasteiger partial charge in [0.1, 0.15) is 12.4 Å². The van der Waals surface area contributed by atoms with Gasteiger partial charge in [0, 0.05) is 44.9 Å². The molecule has 0 spiro atoms. The van der Waals surface area contributed by atoms with Crippen molar-refractivity contribution in [2.45, 2.75) is 38.8 Å². The van der Waals surface area contributed by atoms with Crippen LogP contribution in [0.5, 0.6) is 5.75 Å². The fraction of sp³-hybridized carbons (Fsp3) is 0.722. The van der Waals surface area contributed by atoms with Crippen LogP contribution in [0.1, 0.15) is 26.7 Å². The molecule has 7 heteroatoms. The van der Waals surface area contributed by atoms with Crippen molar-refractivity contribution >= 4 is 5.82 Å². The van der Waals surface area contributed by atoms with Crippen molar-refractivity contribution in [3.8, 4) is 5.75 Å². The number of halogens is 1. The van der Waals surface area contributed by atoms with E-state index in [1.54, 1.807) is 13.3 Å². The molecule has 2 saturated heterocycles. The van der Waals surface area contributed by atoms with Crippen LogP contribution in [0.25, 0.3) is 0 Å². The Morgan fingerprint density at radius 2 is 2.08 bits per heavy atom. The lowest BCUT2D eigenvalue weighted by Gasteiger charge is -2.40. The van der Waals surface area contributed by atoms with Crippen molar-refractivity contribution in [3.05, 3.63) is 18.1 Å². The molecule has 2 unspecified atom stereocenters.